The van der Waals surface area contributed by atoms with Crippen LogP contribution in [0.4, 0.5) is 4.79 Å². The molecule has 2 fully saturated rings. The summed E-state index contributed by atoms with van der Waals surface area (Å²) in [5.41, 5.74) is 4.72. The van der Waals surface area contributed by atoms with Crippen LogP contribution in [-0.4, -0.2) is 53.5 Å². The molecule has 0 aliphatic heterocycles. The molecule has 8 heteroatoms. The number of fused-ring (bicyclic) bond motifs is 4. The van der Waals surface area contributed by atoms with Gasteiger partial charge in [-0.05, 0) is 53.4 Å². The highest BCUT2D eigenvalue weighted by molar-refractivity contribution is 5.80. The fourth-order valence-electron chi connectivity index (χ4n) is 6.00. The number of carboxylic acid groups (broad SMARTS) is 1. The van der Waals surface area contributed by atoms with Crippen LogP contribution in [0.2, 0.25) is 0 Å². The Balaban J connectivity index is 1.09. The predicted octanol–water partition coefficient (Wildman–Crippen LogP) is 2.89. The van der Waals surface area contributed by atoms with Gasteiger partial charge in [-0.15, -0.1) is 0 Å². The first-order valence-corrected chi connectivity index (χ1v) is 12.2. The molecule has 2 amide bonds. The van der Waals surface area contributed by atoms with Gasteiger partial charge in [-0.3, -0.25) is 4.79 Å². The molecule has 35 heavy (non-hydrogen) atoms. The van der Waals surface area contributed by atoms with E-state index in [0.29, 0.717) is 12.3 Å². The molecule has 0 spiro atoms. The number of hydrogen-bond acceptors (Lipinski definition) is 5. The average Bonchev–Trinajstić information content (AvgIpc) is 3.36. The van der Waals surface area contributed by atoms with E-state index < -0.39 is 18.2 Å². The molecule has 8 nitrogen and oxygen atoms in total. The maximum atomic E-state index is 12.6. The van der Waals surface area contributed by atoms with E-state index in [1.54, 1.807) is 0 Å². The minimum absolute atomic E-state index is 0.00211. The molecule has 3 aliphatic carbocycles. The third-order valence-corrected chi connectivity index (χ3v) is 7.84. The molecular formula is C27H30N2O6. The number of carboxylic acids is 1. The lowest BCUT2D eigenvalue weighted by molar-refractivity contribution is -0.147. The van der Waals surface area contributed by atoms with Crippen LogP contribution >= 0.6 is 0 Å². The molecule has 4 N–H and O–H groups in total. The summed E-state index contributed by atoms with van der Waals surface area (Å²) in [4.78, 5) is 35.7. The minimum Gasteiger partial charge on any atom is -0.479 e. The van der Waals surface area contributed by atoms with Crippen LogP contribution in [0.3, 0.4) is 0 Å². The summed E-state index contributed by atoms with van der Waals surface area (Å²) in [6, 6.07) is 16.4. The van der Waals surface area contributed by atoms with E-state index in [0.717, 1.165) is 12.8 Å². The van der Waals surface area contributed by atoms with E-state index >= 15 is 0 Å². The van der Waals surface area contributed by atoms with Gasteiger partial charge in [0, 0.05) is 30.8 Å². The van der Waals surface area contributed by atoms with Gasteiger partial charge in [0.05, 0.1) is 0 Å². The van der Waals surface area contributed by atoms with E-state index in [9.17, 15) is 19.5 Å². The molecular weight excluding hydrogens is 448 g/mol. The van der Waals surface area contributed by atoms with Crippen molar-refractivity contribution >= 4 is 18.0 Å². The Labute approximate surface area is 203 Å². The van der Waals surface area contributed by atoms with Gasteiger partial charge in [-0.25, -0.2) is 9.59 Å². The Kier molecular flexibility index (Phi) is 6.47. The van der Waals surface area contributed by atoms with Crippen LogP contribution < -0.4 is 10.6 Å². The van der Waals surface area contributed by atoms with E-state index in [-0.39, 0.29) is 49.3 Å². The van der Waals surface area contributed by atoms with Crippen LogP contribution in [-0.2, 0) is 14.3 Å². The van der Waals surface area contributed by atoms with Gasteiger partial charge in [0.2, 0.25) is 5.91 Å². The van der Waals surface area contributed by atoms with Crippen molar-refractivity contribution in [1.82, 2.24) is 10.6 Å². The van der Waals surface area contributed by atoms with Crippen molar-refractivity contribution in [3.63, 3.8) is 0 Å². The molecule has 0 radical (unpaired) electrons. The van der Waals surface area contributed by atoms with E-state index in [1.165, 1.54) is 22.3 Å². The van der Waals surface area contributed by atoms with Crippen LogP contribution in [0.15, 0.2) is 48.5 Å². The van der Waals surface area contributed by atoms with Gasteiger partial charge >= 0.3 is 12.1 Å². The van der Waals surface area contributed by atoms with Crippen LogP contribution in [0.1, 0.15) is 42.7 Å². The number of rotatable bonds is 8. The van der Waals surface area contributed by atoms with E-state index in [2.05, 4.69) is 34.9 Å². The van der Waals surface area contributed by atoms with Crippen molar-refractivity contribution in [2.45, 2.75) is 43.7 Å². The number of nitrogens with one attached hydrogen (secondary N) is 2. The predicted molar refractivity (Wildman–Crippen MR) is 128 cm³/mol. The van der Waals surface area contributed by atoms with Crippen molar-refractivity contribution < 1.29 is 29.3 Å². The Morgan fingerprint density at radius 2 is 1.63 bits per heavy atom. The third kappa shape index (κ3) is 4.62. The number of ether oxygens (including phenoxy) is 1. The molecule has 2 aromatic carbocycles. The first kappa shape index (κ1) is 23.4. The maximum Gasteiger partial charge on any atom is 0.407 e. The number of hydrogen-bond donors (Lipinski definition) is 4. The highest BCUT2D eigenvalue weighted by Crippen LogP contribution is 2.50. The molecule has 5 rings (SSSR count). The zero-order chi connectivity index (χ0) is 24.5. The standard InChI is InChI=1S/C27H30N2O6/c30-24(26(32)33)9-10-28-25(31)16-11-15-13-23(21(15)12-16)29-27(34)35-14-22-19-7-3-1-5-17(19)18-6-2-4-8-20(18)22/h1-8,15-16,21-24,30H,9-14H2,(H,28,31)(H,29,34)(H,32,33)/t15-,16?,21-,23+,24?/m0/s1. The van der Waals surface area contributed by atoms with Crippen LogP contribution in [0.5, 0.6) is 0 Å². The van der Waals surface area contributed by atoms with Crippen molar-refractivity contribution in [3.05, 3.63) is 59.7 Å². The number of amides is 2. The summed E-state index contributed by atoms with van der Waals surface area (Å²) in [6.07, 6.45) is 0.364. The summed E-state index contributed by atoms with van der Waals surface area (Å²) < 4.78 is 5.66. The Bertz CT molecular complexity index is 1090. The molecule has 184 valence electrons. The van der Waals surface area contributed by atoms with Gasteiger partial charge < -0.3 is 25.6 Å². The molecule has 0 bridgehead atoms. The number of aliphatic carboxylic acids is 1. The largest absolute Gasteiger partial charge is 0.479 e. The SMILES string of the molecule is O=C(N[C@@H]1C[C@@H]2CC(C(=O)NCCC(O)C(=O)O)C[C@@H]21)OCC1c2ccccc2-c2ccccc21. The molecule has 2 saturated carbocycles. The van der Waals surface area contributed by atoms with Crippen molar-refractivity contribution in [3.8, 4) is 11.1 Å². The number of carbonyl (C=O) groups excluding carboxylic acids is 2. The fraction of sp³-hybridized carbons (Fsp3) is 0.444. The monoisotopic (exact) mass is 478 g/mol. The molecule has 0 aromatic heterocycles. The summed E-state index contributed by atoms with van der Waals surface area (Å²) in [5.74, 6) is -0.898. The van der Waals surface area contributed by atoms with Gasteiger partial charge in [-0.2, -0.15) is 0 Å². The maximum absolute atomic E-state index is 12.6. The normalized spacial score (nSPS) is 24.9. The van der Waals surface area contributed by atoms with Gasteiger partial charge in [0.25, 0.3) is 0 Å². The van der Waals surface area contributed by atoms with Crippen LogP contribution in [0, 0.1) is 17.8 Å². The highest BCUT2D eigenvalue weighted by atomic mass is 16.5. The average molecular weight is 479 g/mol. The van der Waals surface area contributed by atoms with Gasteiger partial charge in [0.1, 0.15) is 6.61 Å². The summed E-state index contributed by atoms with van der Waals surface area (Å²) in [6.45, 7) is 0.396. The number of benzene rings is 2. The highest BCUT2D eigenvalue weighted by Gasteiger charge is 2.50. The number of carbonyl (C=O) groups is 3. The van der Waals surface area contributed by atoms with Gasteiger partial charge in [0.15, 0.2) is 6.10 Å². The fourth-order valence-corrected chi connectivity index (χ4v) is 6.00. The summed E-state index contributed by atoms with van der Waals surface area (Å²) in [5, 5.41) is 23.8. The second-order valence-corrected chi connectivity index (χ2v) is 9.84. The van der Waals surface area contributed by atoms with E-state index in [1.807, 2.05) is 24.3 Å². The second kappa shape index (κ2) is 9.70. The first-order chi connectivity index (χ1) is 16.9. The molecule has 2 unspecified atom stereocenters. The van der Waals surface area contributed by atoms with Gasteiger partial charge in [-0.1, -0.05) is 48.5 Å². The zero-order valence-corrected chi connectivity index (χ0v) is 19.4. The van der Waals surface area contributed by atoms with Crippen molar-refractivity contribution in [2.24, 2.45) is 17.8 Å². The lowest BCUT2D eigenvalue weighted by Gasteiger charge is -2.40. The quantitative estimate of drug-likeness (QED) is 0.462. The number of aliphatic hydroxyl groups is 1. The molecule has 5 atom stereocenters. The lowest BCUT2D eigenvalue weighted by atomic mass is 9.71. The first-order valence-electron chi connectivity index (χ1n) is 12.2. The minimum atomic E-state index is -1.47. The molecule has 2 aromatic rings. The number of alkyl carbamates (subject to hydrolysis) is 1. The smallest absolute Gasteiger partial charge is 0.407 e. The van der Waals surface area contributed by atoms with E-state index in [4.69, 9.17) is 9.84 Å². The third-order valence-electron chi connectivity index (χ3n) is 7.84. The Hall–Kier alpha value is -3.39. The van der Waals surface area contributed by atoms with Crippen molar-refractivity contribution in [1.29, 1.82) is 0 Å². The lowest BCUT2D eigenvalue weighted by Crippen LogP contribution is -2.50. The zero-order valence-electron chi connectivity index (χ0n) is 19.4. The summed E-state index contributed by atoms with van der Waals surface area (Å²) in [7, 11) is 0. The summed E-state index contributed by atoms with van der Waals surface area (Å²) >= 11 is 0. The Morgan fingerprint density at radius 3 is 2.29 bits per heavy atom. The second-order valence-electron chi connectivity index (χ2n) is 9.84. The molecule has 0 saturated heterocycles. The molecule has 3 aliphatic rings. The number of aliphatic hydroxyl groups excluding tert-OH is 1. The Morgan fingerprint density at radius 1 is 0.971 bits per heavy atom. The van der Waals surface area contributed by atoms with Crippen LogP contribution in [0.25, 0.3) is 11.1 Å². The molecule has 0 heterocycles. The van der Waals surface area contributed by atoms with Crippen molar-refractivity contribution in [2.75, 3.05) is 13.2 Å². The topological polar surface area (TPSA) is 125 Å².